The van der Waals surface area contributed by atoms with E-state index in [0.717, 1.165) is 4.90 Å². The number of carbonyl (C=O) groups excluding carboxylic acids is 3. The molecule has 29 heavy (non-hydrogen) atoms. The molecule has 1 heterocycles. The highest BCUT2D eigenvalue weighted by molar-refractivity contribution is 6.39. The zero-order valence-electron chi connectivity index (χ0n) is 15.8. The van der Waals surface area contributed by atoms with Gasteiger partial charge in [-0.2, -0.15) is 0 Å². The number of nitrogens with one attached hydrogen (secondary N) is 1. The number of hydrogen-bond donors (Lipinski definition) is 1. The van der Waals surface area contributed by atoms with Gasteiger partial charge >= 0.3 is 6.03 Å². The minimum atomic E-state index is -0.848. The predicted molar refractivity (Wildman–Crippen MR) is 107 cm³/mol. The van der Waals surface area contributed by atoms with Crippen LogP contribution in [0.5, 0.6) is 17.2 Å². The van der Waals surface area contributed by atoms with Crippen LogP contribution in [-0.4, -0.2) is 39.2 Å². The van der Waals surface area contributed by atoms with Gasteiger partial charge in [0.15, 0.2) is 11.5 Å². The fourth-order valence-corrected chi connectivity index (χ4v) is 3.00. The minimum absolute atomic E-state index is 0.245. The summed E-state index contributed by atoms with van der Waals surface area (Å²) in [6.07, 6.45) is 1.33. The summed E-state index contributed by atoms with van der Waals surface area (Å²) < 4.78 is 15.9. The van der Waals surface area contributed by atoms with Crippen molar-refractivity contribution in [2.75, 3.05) is 26.2 Å². The molecule has 0 aromatic heterocycles. The Kier molecular flexibility index (Phi) is 5.74. The van der Waals surface area contributed by atoms with Gasteiger partial charge in [0.25, 0.3) is 11.8 Å². The highest BCUT2D eigenvalue weighted by atomic mass is 35.5. The third kappa shape index (κ3) is 3.74. The Morgan fingerprint density at radius 3 is 2.14 bits per heavy atom. The minimum Gasteiger partial charge on any atom is -0.493 e. The van der Waals surface area contributed by atoms with Crippen molar-refractivity contribution in [3.05, 3.63) is 52.6 Å². The SMILES string of the molecule is COc1ccc(C=C2C(=O)NC(=O)N(c3ccc(Cl)cc3)C2=O)c(OC)c1OC. The average Bonchev–Trinajstić information content (AvgIpc) is 2.71. The Balaban J connectivity index is 2.08. The molecular weight excluding hydrogens is 400 g/mol. The molecule has 0 bridgehead atoms. The molecule has 1 N–H and O–H groups in total. The van der Waals surface area contributed by atoms with Crippen molar-refractivity contribution in [1.29, 1.82) is 0 Å². The van der Waals surface area contributed by atoms with Gasteiger partial charge in [-0.15, -0.1) is 0 Å². The summed E-state index contributed by atoms with van der Waals surface area (Å²) in [4.78, 5) is 38.4. The van der Waals surface area contributed by atoms with Crippen molar-refractivity contribution in [1.82, 2.24) is 5.32 Å². The Hall–Kier alpha value is -3.52. The molecule has 1 aliphatic heterocycles. The van der Waals surface area contributed by atoms with Gasteiger partial charge in [-0.1, -0.05) is 11.6 Å². The molecule has 0 spiro atoms. The Bertz CT molecular complexity index is 1020. The van der Waals surface area contributed by atoms with Gasteiger partial charge in [0.2, 0.25) is 5.75 Å². The molecular formula is C20H17ClN2O6. The van der Waals surface area contributed by atoms with Crippen LogP contribution in [0.3, 0.4) is 0 Å². The predicted octanol–water partition coefficient (Wildman–Crippen LogP) is 3.03. The fraction of sp³-hybridized carbons (Fsp3) is 0.150. The number of methoxy groups -OCH3 is 3. The van der Waals surface area contributed by atoms with E-state index in [0.29, 0.717) is 22.1 Å². The molecule has 3 rings (SSSR count). The number of barbiturate groups is 1. The normalized spacial score (nSPS) is 15.4. The summed E-state index contributed by atoms with van der Waals surface area (Å²) in [5.74, 6) is -0.600. The van der Waals surface area contributed by atoms with E-state index in [1.807, 2.05) is 0 Å². The van der Waals surface area contributed by atoms with Crippen molar-refractivity contribution in [2.24, 2.45) is 0 Å². The number of amides is 4. The molecule has 0 saturated carbocycles. The van der Waals surface area contributed by atoms with E-state index < -0.39 is 17.8 Å². The quantitative estimate of drug-likeness (QED) is 0.594. The molecule has 0 unspecified atom stereocenters. The van der Waals surface area contributed by atoms with Crippen LogP contribution >= 0.6 is 11.6 Å². The number of anilines is 1. The van der Waals surface area contributed by atoms with Gasteiger partial charge in [0, 0.05) is 10.6 Å². The summed E-state index contributed by atoms with van der Waals surface area (Å²) >= 11 is 5.86. The van der Waals surface area contributed by atoms with Crippen molar-refractivity contribution in [2.45, 2.75) is 0 Å². The van der Waals surface area contributed by atoms with E-state index in [1.54, 1.807) is 12.1 Å². The first-order valence-corrected chi connectivity index (χ1v) is 8.75. The van der Waals surface area contributed by atoms with Crippen LogP contribution in [0, 0.1) is 0 Å². The van der Waals surface area contributed by atoms with E-state index in [1.165, 1.54) is 51.7 Å². The maximum atomic E-state index is 13.0. The first-order valence-electron chi connectivity index (χ1n) is 8.37. The van der Waals surface area contributed by atoms with Crippen molar-refractivity contribution in [3.8, 4) is 17.2 Å². The van der Waals surface area contributed by atoms with Crippen LogP contribution in [0.25, 0.3) is 6.08 Å². The number of imide groups is 2. The molecule has 0 radical (unpaired) electrons. The molecule has 9 heteroatoms. The topological polar surface area (TPSA) is 94.2 Å². The van der Waals surface area contributed by atoms with E-state index in [9.17, 15) is 14.4 Å². The van der Waals surface area contributed by atoms with E-state index in [-0.39, 0.29) is 17.0 Å². The summed E-state index contributed by atoms with van der Waals surface area (Å²) in [5.41, 5.74) is 0.425. The summed E-state index contributed by atoms with van der Waals surface area (Å²) in [6.45, 7) is 0. The Labute approximate surface area is 171 Å². The second kappa shape index (κ2) is 8.24. The molecule has 4 amide bonds. The van der Waals surface area contributed by atoms with E-state index >= 15 is 0 Å². The lowest BCUT2D eigenvalue weighted by atomic mass is 10.1. The number of nitrogens with zero attached hydrogens (tertiary/aromatic N) is 1. The molecule has 2 aromatic rings. The summed E-state index contributed by atoms with van der Waals surface area (Å²) in [5, 5.41) is 2.61. The molecule has 150 valence electrons. The average molecular weight is 417 g/mol. The van der Waals surface area contributed by atoms with Crippen molar-refractivity contribution >= 4 is 41.2 Å². The first kappa shape index (κ1) is 20.2. The molecule has 1 saturated heterocycles. The second-order valence-corrected chi connectivity index (χ2v) is 6.29. The van der Waals surface area contributed by atoms with Crippen LogP contribution in [0.2, 0.25) is 5.02 Å². The van der Waals surface area contributed by atoms with Crippen molar-refractivity contribution < 1.29 is 28.6 Å². The fourth-order valence-electron chi connectivity index (χ4n) is 2.88. The lowest BCUT2D eigenvalue weighted by Gasteiger charge is -2.26. The highest BCUT2D eigenvalue weighted by Crippen LogP contribution is 2.40. The van der Waals surface area contributed by atoms with Crippen LogP contribution < -0.4 is 24.4 Å². The van der Waals surface area contributed by atoms with Crippen LogP contribution in [0.4, 0.5) is 10.5 Å². The number of hydrogen-bond acceptors (Lipinski definition) is 6. The molecule has 0 aliphatic carbocycles. The van der Waals surface area contributed by atoms with Gasteiger partial charge in [0.1, 0.15) is 5.57 Å². The zero-order valence-corrected chi connectivity index (χ0v) is 16.6. The second-order valence-electron chi connectivity index (χ2n) is 5.86. The smallest absolute Gasteiger partial charge is 0.335 e. The largest absolute Gasteiger partial charge is 0.493 e. The Morgan fingerprint density at radius 2 is 1.55 bits per heavy atom. The molecule has 1 fully saturated rings. The van der Waals surface area contributed by atoms with Gasteiger partial charge in [-0.3, -0.25) is 14.9 Å². The van der Waals surface area contributed by atoms with Gasteiger partial charge in [0.05, 0.1) is 27.0 Å². The van der Waals surface area contributed by atoms with Gasteiger partial charge < -0.3 is 14.2 Å². The molecule has 0 atom stereocenters. The lowest BCUT2D eigenvalue weighted by Crippen LogP contribution is -2.54. The van der Waals surface area contributed by atoms with Gasteiger partial charge in [-0.25, -0.2) is 9.69 Å². The number of rotatable bonds is 5. The van der Waals surface area contributed by atoms with Crippen LogP contribution in [0.1, 0.15) is 5.56 Å². The molecule has 1 aliphatic rings. The number of urea groups is 1. The van der Waals surface area contributed by atoms with Crippen molar-refractivity contribution in [3.63, 3.8) is 0 Å². The van der Waals surface area contributed by atoms with Gasteiger partial charge in [-0.05, 0) is 42.5 Å². The summed E-state index contributed by atoms with van der Waals surface area (Å²) in [6, 6.07) is 8.45. The number of halogens is 1. The number of carbonyl (C=O) groups is 3. The third-order valence-electron chi connectivity index (χ3n) is 4.22. The summed E-state index contributed by atoms with van der Waals surface area (Å²) in [7, 11) is 4.34. The van der Waals surface area contributed by atoms with Crippen LogP contribution in [0.15, 0.2) is 42.0 Å². The zero-order chi connectivity index (χ0) is 21.1. The third-order valence-corrected chi connectivity index (χ3v) is 4.47. The number of benzene rings is 2. The standard InChI is InChI=1S/C20H17ClN2O6/c1-27-15-9-4-11(16(28-2)17(15)29-3)10-14-18(24)22-20(26)23(19(14)25)13-7-5-12(21)6-8-13/h4-10H,1-3H3,(H,22,24,26). The van der Waals surface area contributed by atoms with E-state index in [2.05, 4.69) is 5.32 Å². The maximum absolute atomic E-state index is 13.0. The lowest BCUT2D eigenvalue weighted by molar-refractivity contribution is -0.122. The monoisotopic (exact) mass is 416 g/mol. The van der Waals surface area contributed by atoms with Crippen LogP contribution in [-0.2, 0) is 9.59 Å². The molecule has 2 aromatic carbocycles. The molecule has 8 nitrogen and oxygen atoms in total. The Morgan fingerprint density at radius 1 is 0.897 bits per heavy atom. The number of ether oxygens (including phenoxy) is 3. The highest BCUT2D eigenvalue weighted by Gasteiger charge is 2.37. The maximum Gasteiger partial charge on any atom is 0.335 e. The van der Waals surface area contributed by atoms with E-state index in [4.69, 9.17) is 25.8 Å². The first-order chi connectivity index (χ1) is 13.9.